The van der Waals surface area contributed by atoms with Crippen molar-refractivity contribution < 1.29 is 4.79 Å². The minimum absolute atomic E-state index is 0.528. The highest BCUT2D eigenvalue weighted by Crippen LogP contribution is 2.33. The number of nitrogens with zero attached hydrogens (tertiary/aromatic N) is 1. The topological polar surface area (TPSA) is 20.3 Å². The summed E-state index contributed by atoms with van der Waals surface area (Å²) < 4.78 is 0. The van der Waals surface area contributed by atoms with Gasteiger partial charge in [-0.25, -0.2) is 0 Å². The van der Waals surface area contributed by atoms with Crippen LogP contribution in [-0.4, -0.2) is 19.4 Å². The largest absolute Gasteiger partial charge is 0.371 e. The molecule has 1 unspecified atom stereocenters. The number of rotatable bonds is 2. The van der Waals surface area contributed by atoms with E-state index in [-0.39, 0.29) is 0 Å². The molecule has 2 heteroatoms. The number of likely N-dealkylation sites (N-methyl/N-ethyl adjacent to an activating group) is 1. The number of carbonyl (C=O) groups is 1. The molecule has 14 heavy (non-hydrogen) atoms. The van der Waals surface area contributed by atoms with Gasteiger partial charge in [0.1, 0.15) is 6.29 Å². The molecule has 1 aliphatic rings. The van der Waals surface area contributed by atoms with E-state index in [1.165, 1.54) is 11.3 Å². The van der Waals surface area contributed by atoms with Crippen LogP contribution >= 0.6 is 0 Å². The number of para-hydroxylation sites is 1. The maximum Gasteiger partial charge on any atom is 0.124 e. The van der Waals surface area contributed by atoms with Gasteiger partial charge in [0.15, 0.2) is 0 Å². The first kappa shape index (κ1) is 9.25. The van der Waals surface area contributed by atoms with Gasteiger partial charge in [-0.2, -0.15) is 0 Å². The lowest BCUT2D eigenvalue weighted by atomic mass is 10.0. The predicted octanol–water partition coefficient (Wildman–Crippen LogP) is 1.81. The number of hydrogen-bond donors (Lipinski definition) is 0. The minimum Gasteiger partial charge on any atom is -0.371 e. The summed E-state index contributed by atoms with van der Waals surface area (Å²) in [5, 5.41) is 0. The number of anilines is 1. The van der Waals surface area contributed by atoms with Crippen molar-refractivity contribution >= 4 is 12.0 Å². The predicted molar refractivity (Wildman–Crippen MR) is 57.8 cm³/mol. The van der Waals surface area contributed by atoms with E-state index in [0.29, 0.717) is 12.5 Å². The van der Waals surface area contributed by atoms with Gasteiger partial charge in [-0.15, -0.1) is 0 Å². The Balaban J connectivity index is 2.46. The summed E-state index contributed by atoms with van der Waals surface area (Å²) in [6.45, 7) is 2.21. The molecule has 1 aliphatic heterocycles. The summed E-state index contributed by atoms with van der Waals surface area (Å²) in [6, 6.07) is 6.80. The average molecular weight is 189 g/mol. The van der Waals surface area contributed by atoms with Crippen LogP contribution in [0.25, 0.3) is 0 Å². The van der Waals surface area contributed by atoms with E-state index >= 15 is 0 Å². The Kier molecular flexibility index (Phi) is 2.28. The first-order chi connectivity index (χ1) is 6.74. The van der Waals surface area contributed by atoms with Gasteiger partial charge in [0.05, 0.1) is 0 Å². The lowest BCUT2D eigenvalue weighted by Gasteiger charge is -2.20. The second-order valence-electron chi connectivity index (χ2n) is 3.96. The quantitative estimate of drug-likeness (QED) is 0.661. The lowest BCUT2D eigenvalue weighted by molar-refractivity contribution is -0.107. The van der Waals surface area contributed by atoms with E-state index in [4.69, 9.17) is 0 Å². The SMILES string of the molecule is CC1Cc2cccc(CC=O)c2N1C. The van der Waals surface area contributed by atoms with Gasteiger partial charge in [0, 0.05) is 25.2 Å². The van der Waals surface area contributed by atoms with Gasteiger partial charge in [-0.1, -0.05) is 18.2 Å². The fourth-order valence-electron chi connectivity index (χ4n) is 2.19. The van der Waals surface area contributed by atoms with Crippen molar-refractivity contribution in [1.82, 2.24) is 0 Å². The molecule has 0 aliphatic carbocycles. The molecule has 0 saturated heterocycles. The number of carbonyl (C=O) groups excluding carboxylic acids is 1. The standard InChI is InChI=1S/C12H15NO/c1-9-8-11-5-3-4-10(6-7-14)12(11)13(9)2/h3-5,7,9H,6,8H2,1-2H3. The van der Waals surface area contributed by atoms with Crippen molar-refractivity contribution in [3.8, 4) is 0 Å². The molecule has 0 spiro atoms. The van der Waals surface area contributed by atoms with E-state index in [9.17, 15) is 4.79 Å². The van der Waals surface area contributed by atoms with Crippen LogP contribution in [-0.2, 0) is 17.6 Å². The summed E-state index contributed by atoms with van der Waals surface area (Å²) >= 11 is 0. The smallest absolute Gasteiger partial charge is 0.124 e. The van der Waals surface area contributed by atoms with Crippen LogP contribution in [0.2, 0.25) is 0 Å². The van der Waals surface area contributed by atoms with E-state index in [1.807, 2.05) is 12.1 Å². The summed E-state index contributed by atoms with van der Waals surface area (Å²) in [6.07, 6.45) is 2.60. The highest BCUT2D eigenvalue weighted by atomic mass is 16.1. The van der Waals surface area contributed by atoms with E-state index < -0.39 is 0 Å². The zero-order valence-electron chi connectivity index (χ0n) is 8.66. The average Bonchev–Trinajstić information content (AvgIpc) is 2.45. The zero-order valence-corrected chi connectivity index (χ0v) is 8.66. The highest BCUT2D eigenvalue weighted by molar-refractivity contribution is 5.69. The molecule has 0 bridgehead atoms. The number of hydrogen-bond acceptors (Lipinski definition) is 2. The first-order valence-electron chi connectivity index (χ1n) is 5.01. The zero-order chi connectivity index (χ0) is 10.1. The molecule has 0 radical (unpaired) electrons. The summed E-state index contributed by atoms with van der Waals surface area (Å²) in [5.74, 6) is 0. The molecule has 2 nitrogen and oxygen atoms in total. The van der Waals surface area contributed by atoms with Crippen LogP contribution in [0.5, 0.6) is 0 Å². The Hall–Kier alpha value is -1.31. The summed E-state index contributed by atoms with van der Waals surface area (Å²) in [7, 11) is 2.10. The Labute approximate surface area is 84.5 Å². The van der Waals surface area contributed by atoms with Gasteiger partial charge in [0.25, 0.3) is 0 Å². The van der Waals surface area contributed by atoms with Gasteiger partial charge < -0.3 is 9.69 Å². The maximum absolute atomic E-state index is 10.5. The first-order valence-corrected chi connectivity index (χ1v) is 5.01. The fraction of sp³-hybridized carbons (Fsp3) is 0.417. The van der Waals surface area contributed by atoms with Crippen LogP contribution < -0.4 is 4.90 Å². The Bertz CT molecular complexity index is 359. The number of fused-ring (bicyclic) bond motifs is 1. The molecule has 0 saturated carbocycles. The van der Waals surface area contributed by atoms with Crippen LogP contribution in [0.1, 0.15) is 18.1 Å². The van der Waals surface area contributed by atoms with Crippen LogP contribution in [0.15, 0.2) is 18.2 Å². The van der Waals surface area contributed by atoms with Gasteiger partial charge in [0.2, 0.25) is 0 Å². The second kappa shape index (κ2) is 3.45. The second-order valence-corrected chi connectivity index (χ2v) is 3.96. The monoisotopic (exact) mass is 189 g/mol. The third-order valence-electron chi connectivity index (χ3n) is 3.04. The molecule has 0 aromatic heterocycles. The molecular formula is C12H15NO. The van der Waals surface area contributed by atoms with Crippen molar-refractivity contribution in [2.75, 3.05) is 11.9 Å². The Morgan fingerprint density at radius 2 is 2.36 bits per heavy atom. The van der Waals surface area contributed by atoms with Gasteiger partial charge in [-0.05, 0) is 24.5 Å². The molecule has 1 heterocycles. The number of benzene rings is 1. The fourth-order valence-corrected chi connectivity index (χ4v) is 2.19. The Morgan fingerprint density at radius 1 is 1.57 bits per heavy atom. The van der Waals surface area contributed by atoms with Crippen molar-refractivity contribution in [1.29, 1.82) is 0 Å². The molecule has 0 amide bonds. The van der Waals surface area contributed by atoms with Gasteiger partial charge >= 0.3 is 0 Å². The third-order valence-corrected chi connectivity index (χ3v) is 3.04. The van der Waals surface area contributed by atoms with E-state index in [0.717, 1.165) is 18.3 Å². The summed E-state index contributed by atoms with van der Waals surface area (Å²) in [5.41, 5.74) is 3.80. The number of aldehydes is 1. The van der Waals surface area contributed by atoms with Gasteiger partial charge in [-0.3, -0.25) is 0 Å². The van der Waals surface area contributed by atoms with E-state index in [2.05, 4.69) is 24.9 Å². The van der Waals surface area contributed by atoms with Crippen molar-refractivity contribution in [3.05, 3.63) is 29.3 Å². The molecule has 1 aromatic rings. The van der Waals surface area contributed by atoms with Crippen LogP contribution in [0, 0.1) is 0 Å². The molecular weight excluding hydrogens is 174 g/mol. The van der Waals surface area contributed by atoms with E-state index in [1.54, 1.807) is 0 Å². The maximum atomic E-state index is 10.5. The Morgan fingerprint density at radius 3 is 3.07 bits per heavy atom. The molecule has 74 valence electrons. The normalized spacial score (nSPS) is 19.6. The summed E-state index contributed by atoms with van der Waals surface area (Å²) in [4.78, 5) is 12.8. The van der Waals surface area contributed by atoms with Crippen LogP contribution in [0.4, 0.5) is 5.69 Å². The third kappa shape index (κ3) is 1.31. The molecule has 2 rings (SSSR count). The van der Waals surface area contributed by atoms with Crippen LogP contribution in [0.3, 0.4) is 0 Å². The lowest BCUT2D eigenvalue weighted by Crippen LogP contribution is -2.24. The van der Waals surface area contributed by atoms with Crippen molar-refractivity contribution in [2.45, 2.75) is 25.8 Å². The highest BCUT2D eigenvalue weighted by Gasteiger charge is 2.24. The minimum atomic E-state index is 0.528. The molecule has 1 aromatic carbocycles. The van der Waals surface area contributed by atoms with Crippen molar-refractivity contribution in [2.24, 2.45) is 0 Å². The van der Waals surface area contributed by atoms with Crippen molar-refractivity contribution in [3.63, 3.8) is 0 Å². The molecule has 0 fully saturated rings. The molecule has 1 atom stereocenters. The molecule has 0 N–H and O–H groups in total.